The van der Waals surface area contributed by atoms with Crippen molar-refractivity contribution in [2.24, 2.45) is 0 Å². The van der Waals surface area contributed by atoms with Crippen LogP contribution in [0.1, 0.15) is 0 Å². The van der Waals surface area contributed by atoms with Crippen LogP contribution in [0.15, 0.2) is 0 Å². The number of rotatable bonds is 0. The summed E-state index contributed by atoms with van der Waals surface area (Å²) < 4.78 is 0. The van der Waals surface area contributed by atoms with Gasteiger partial charge in [-0.15, -0.1) is 0 Å². The first-order valence-electron chi connectivity index (χ1n) is 0.548. The van der Waals surface area contributed by atoms with Crippen molar-refractivity contribution in [2.75, 3.05) is 0 Å². The second-order valence-electron chi connectivity index (χ2n) is 0.224. The first-order chi connectivity index (χ1) is 1.73. The Balaban J connectivity index is -0.00000000300. The molecule has 0 fully saturated rings. The van der Waals surface area contributed by atoms with Crippen LogP contribution >= 0.6 is 0 Å². The van der Waals surface area contributed by atoms with Gasteiger partial charge in [-0.1, -0.05) is 0 Å². The monoisotopic (exact) mass is 215 g/mol. The molecule has 0 aromatic carbocycles. The van der Waals surface area contributed by atoms with Crippen LogP contribution in [0.4, 0.5) is 0 Å². The minimum Gasteiger partial charge on any atom is -0.412 e. The van der Waals surface area contributed by atoms with E-state index in [2.05, 4.69) is 0 Å². The van der Waals surface area contributed by atoms with E-state index in [0.717, 1.165) is 0 Å². The van der Waals surface area contributed by atoms with E-state index in [9.17, 15) is 0 Å². The Morgan fingerprint density at radius 1 is 0.800 bits per heavy atom. The molecule has 0 aliphatic rings. The summed E-state index contributed by atoms with van der Waals surface area (Å²) in [7, 11) is 0. The molecule has 0 rings (SSSR count). The van der Waals surface area contributed by atoms with Crippen LogP contribution in [0, 0.1) is 15.3 Å². The van der Waals surface area contributed by atoms with Crippen molar-refractivity contribution in [2.45, 2.75) is 0 Å². The van der Waals surface area contributed by atoms with Crippen molar-refractivity contribution in [1.82, 2.24) is 0 Å². The average Bonchev–Trinajstić information content (AvgIpc) is 0.811. The van der Waals surface area contributed by atoms with E-state index < -0.39 is 5.09 Å². The molecule has 10 N–H and O–H groups in total. The third-order valence-corrected chi connectivity index (χ3v) is 0. The minimum absolute atomic E-state index is 0. The van der Waals surface area contributed by atoms with Gasteiger partial charge in [0.1, 0.15) is 0 Å². The van der Waals surface area contributed by atoms with E-state index in [-0.39, 0.29) is 44.4 Å². The van der Waals surface area contributed by atoms with E-state index in [1.165, 1.54) is 0 Å². The van der Waals surface area contributed by atoms with Gasteiger partial charge in [-0.2, -0.15) is 0 Å². The summed E-state index contributed by atoms with van der Waals surface area (Å²) in [4.78, 5) is 8.25. The molecule has 10 heavy (non-hydrogen) atoms. The summed E-state index contributed by atoms with van der Waals surface area (Å²) in [5.74, 6) is 0. The molecule has 0 spiro atoms. The standard InChI is InChI=1S/Cu.NO3.5H2O/c;2-1(3)4;;;;;/h;;5*1H2/q;-1;;;;;. The van der Waals surface area contributed by atoms with Gasteiger partial charge in [-0.25, -0.2) is 0 Å². The third kappa shape index (κ3) is 1380. The fourth-order valence-electron chi connectivity index (χ4n) is 0. The zero-order chi connectivity index (χ0) is 3.58. The van der Waals surface area contributed by atoms with Crippen LogP contribution in [0.25, 0.3) is 0 Å². The third-order valence-electron chi connectivity index (χ3n) is 0. The molecule has 0 saturated heterocycles. The molecule has 0 saturated carbocycles. The predicted molar refractivity (Wildman–Crippen MR) is 28.4 cm³/mol. The Labute approximate surface area is 65.8 Å². The van der Waals surface area contributed by atoms with Crippen LogP contribution in [0.3, 0.4) is 0 Å². The molecule has 0 unspecified atom stereocenters. The summed E-state index contributed by atoms with van der Waals surface area (Å²) in [5.41, 5.74) is 0. The van der Waals surface area contributed by atoms with Gasteiger partial charge in [-0.05, 0) is 0 Å². The molecule has 0 amide bonds. The molecule has 0 atom stereocenters. The van der Waals surface area contributed by atoms with Crippen molar-refractivity contribution in [3.63, 3.8) is 0 Å². The van der Waals surface area contributed by atoms with Crippen molar-refractivity contribution in [1.29, 1.82) is 0 Å². The zero-order valence-corrected chi connectivity index (χ0v) is 5.42. The maximum atomic E-state index is 8.25. The van der Waals surface area contributed by atoms with Gasteiger partial charge >= 0.3 is 0 Å². The van der Waals surface area contributed by atoms with Gasteiger partial charge in [0.2, 0.25) is 0 Å². The second-order valence-corrected chi connectivity index (χ2v) is 0.224. The van der Waals surface area contributed by atoms with Gasteiger partial charge in [0.25, 0.3) is 0 Å². The summed E-state index contributed by atoms with van der Waals surface area (Å²) in [6.07, 6.45) is 0. The van der Waals surface area contributed by atoms with Crippen LogP contribution in [-0.4, -0.2) is 32.5 Å². The molecule has 0 aromatic heterocycles. The van der Waals surface area contributed by atoms with Crippen LogP contribution in [0.5, 0.6) is 0 Å². The van der Waals surface area contributed by atoms with Crippen LogP contribution < -0.4 is 0 Å². The smallest absolute Gasteiger partial charge is 0.0689 e. The van der Waals surface area contributed by atoms with Crippen LogP contribution in [-0.2, 0) is 17.1 Å². The Hall–Kier alpha value is -0.481. The first-order valence-corrected chi connectivity index (χ1v) is 0.548. The molecule has 9 nitrogen and oxygen atoms in total. The van der Waals surface area contributed by atoms with E-state index in [0.29, 0.717) is 0 Å². The maximum Gasteiger partial charge on any atom is 0.0689 e. The topological polar surface area (TPSA) is 224 Å². The quantitative estimate of drug-likeness (QED) is 0.222. The fourth-order valence-corrected chi connectivity index (χ4v) is 0. The number of hydrogen-bond donors (Lipinski definition) is 0. The minimum atomic E-state index is -1.75. The van der Waals surface area contributed by atoms with E-state index in [1.807, 2.05) is 0 Å². The Morgan fingerprint density at radius 3 is 0.800 bits per heavy atom. The van der Waals surface area contributed by atoms with Gasteiger partial charge in [0, 0.05) is 17.1 Å². The van der Waals surface area contributed by atoms with E-state index in [1.54, 1.807) is 0 Å². The SMILES string of the molecule is O.O.O.O.O.O=[N+]([O-])[O-].[Cu]. The molecule has 0 aliphatic carbocycles. The molecule has 0 bridgehead atoms. The van der Waals surface area contributed by atoms with Gasteiger partial charge in [-0.3, -0.25) is 0 Å². The van der Waals surface area contributed by atoms with E-state index >= 15 is 0 Å². The van der Waals surface area contributed by atoms with Gasteiger partial charge in [0.05, 0.1) is 5.09 Å². The van der Waals surface area contributed by atoms with Crippen molar-refractivity contribution in [3.8, 4) is 0 Å². The average molecular weight is 216 g/mol. The largest absolute Gasteiger partial charge is 0.412 e. The molecule has 0 heterocycles. The van der Waals surface area contributed by atoms with Crippen molar-refractivity contribution >= 4 is 0 Å². The summed E-state index contributed by atoms with van der Waals surface area (Å²) >= 11 is 0. The molecule has 75 valence electrons. The number of nitrogens with zero attached hydrogens (tertiary/aromatic N) is 1. The van der Waals surface area contributed by atoms with Crippen molar-refractivity contribution < 1.29 is 49.5 Å². The maximum absolute atomic E-state index is 8.25. The Bertz CT molecular complexity index is 32.2. The second kappa shape index (κ2) is 75.9. The van der Waals surface area contributed by atoms with Gasteiger partial charge < -0.3 is 42.7 Å². The molecule has 10 heteroatoms. The number of hydrogen-bond acceptors (Lipinski definition) is 3. The first kappa shape index (κ1) is 109. The summed E-state index contributed by atoms with van der Waals surface area (Å²) in [5, 5.41) is 14.8. The molecule has 1 radical (unpaired) electrons. The molecular formula is H10CuNO8-. The Kier molecular flexibility index (Phi) is 826. The Morgan fingerprint density at radius 2 is 0.800 bits per heavy atom. The summed E-state index contributed by atoms with van der Waals surface area (Å²) in [6.45, 7) is 0. The zero-order valence-electron chi connectivity index (χ0n) is 4.47. The molecular weight excluding hydrogens is 206 g/mol. The normalized spacial score (nSPS) is 2.40. The van der Waals surface area contributed by atoms with E-state index in [4.69, 9.17) is 15.3 Å². The summed E-state index contributed by atoms with van der Waals surface area (Å²) in [6, 6.07) is 0. The fraction of sp³-hybridized carbons (Fsp3) is 0. The van der Waals surface area contributed by atoms with Crippen molar-refractivity contribution in [3.05, 3.63) is 15.3 Å². The molecule has 0 aliphatic heterocycles. The van der Waals surface area contributed by atoms with Crippen LogP contribution in [0.2, 0.25) is 0 Å². The molecule has 0 aromatic rings. The van der Waals surface area contributed by atoms with Gasteiger partial charge in [0.15, 0.2) is 0 Å². The predicted octanol–water partition coefficient (Wildman–Crippen LogP) is -4.37.